The Labute approximate surface area is 128 Å². The molecule has 116 valence electrons. The average Bonchev–Trinajstić information content (AvgIpc) is 2.47. The van der Waals surface area contributed by atoms with Crippen molar-refractivity contribution in [2.24, 2.45) is 0 Å². The third-order valence-corrected chi connectivity index (χ3v) is 2.81. The Balaban J connectivity index is 2.01. The number of nitrogens with zero attached hydrogens (tertiary/aromatic N) is 3. The molecule has 0 saturated heterocycles. The molecule has 1 aromatic heterocycles. The van der Waals surface area contributed by atoms with E-state index in [2.05, 4.69) is 20.6 Å². The maximum Gasteiger partial charge on any atom is 0.270 e. The molecule has 0 unspecified atom stereocenters. The van der Waals surface area contributed by atoms with Gasteiger partial charge in [-0.3, -0.25) is 4.79 Å². The van der Waals surface area contributed by atoms with E-state index in [-0.39, 0.29) is 23.4 Å². The maximum absolute atomic E-state index is 13.1. The summed E-state index contributed by atoms with van der Waals surface area (Å²) >= 11 is 0. The molecule has 2 N–H and O–H groups in total. The molecular weight excluding hydrogens is 285 g/mol. The van der Waals surface area contributed by atoms with E-state index in [1.54, 1.807) is 12.1 Å². The van der Waals surface area contributed by atoms with Crippen LogP contribution in [0.5, 0.6) is 0 Å². The number of nitrogens with one attached hydrogen (secondary N) is 2. The van der Waals surface area contributed by atoms with E-state index in [0.717, 1.165) is 6.54 Å². The number of hydrogen-bond acceptors (Lipinski definition) is 5. The van der Waals surface area contributed by atoms with E-state index in [1.807, 2.05) is 19.0 Å². The summed E-state index contributed by atoms with van der Waals surface area (Å²) in [5.41, 5.74) is 0.776. The predicted octanol–water partition coefficient (Wildman–Crippen LogP) is 1.65. The first-order chi connectivity index (χ1) is 10.5. The summed E-state index contributed by atoms with van der Waals surface area (Å²) in [7, 11) is 3.86. The second-order valence-electron chi connectivity index (χ2n) is 4.96. The van der Waals surface area contributed by atoms with Gasteiger partial charge in [-0.25, -0.2) is 14.4 Å². The highest BCUT2D eigenvalue weighted by Gasteiger charge is 2.08. The minimum absolute atomic E-state index is 0.242. The average molecular weight is 303 g/mol. The SMILES string of the molecule is CN(C)CCNC(=O)c1ccnc(Nc2cccc(F)c2)n1. The van der Waals surface area contributed by atoms with E-state index in [4.69, 9.17) is 0 Å². The van der Waals surface area contributed by atoms with Gasteiger partial charge in [0.25, 0.3) is 5.91 Å². The number of hydrogen-bond donors (Lipinski definition) is 2. The molecule has 6 nitrogen and oxygen atoms in total. The van der Waals surface area contributed by atoms with Crippen LogP contribution in [0.2, 0.25) is 0 Å². The number of aromatic nitrogens is 2. The van der Waals surface area contributed by atoms with Crippen molar-refractivity contribution in [2.75, 3.05) is 32.5 Å². The zero-order valence-electron chi connectivity index (χ0n) is 12.5. The van der Waals surface area contributed by atoms with Crippen LogP contribution >= 0.6 is 0 Å². The first kappa shape index (κ1) is 15.8. The Kier molecular flexibility index (Phi) is 5.37. The standard InChI is InChI=1S/C15H18FN5O/c1-21(2)9-8-17-14(22)13-6-7-18-15(20-13)19-12-5-3-4-11(16)10-12/h3-7,10H,8-9H2,1-2H3,(H,17,22)(H,18,19,20). The normalized spacial score (nSPS) is 10.5. The lowest BCUT2D eigenvalue weighted by Crippen LogP contribution is -2.31. The van der Waals surface area contributed by atoms with Crippen molar-refractivity contribution in [1.82, 2.24) is 20.2 Å². The lowest BCUT2D eigenvalue weighted by Gasteiger charge is -2.10. The summed E-state index contributed by atoms with van der Waals surface area (Å²) in [5, 5.41) is 5.64. The Hall–Kier alpha value is -2.54. The number of likely N-dealkylation sites (N-methyl/N-ethyl adjacent to an activating group) is 1. The summed E-state index contributed by atoms with van der Waals surface area (Å²) in [5.74, 6) is -0.389. The van der Waals surface area contributed by atoms with E-state index in [0.29, 0.717) is 12.2 Å². The first-order valence-electron chi connectivity index (χ1n) is 6.83. The molecular formula is C15H18FN5O. The van der Waals surface area contributed by atoms with Crippen LogP contribution in [0, 0.1) is 5.82 Å². The van der Waals surface area contributed by atoms with Crippen LogP contribution in [0.4, 0.5) is 16.0 Å². The van der Waals surface area contributed by atoms with Gasteiger partial charge in [-0.1, -0.05) is 6.07 Å². The highest BCUT2D eigenvalue weighted by molar-refractivity contribution is 5.92. The summed E-state index contributed by atoms with van der Waals surface area (Å²) in [6.07, 6.45) is 1.48. The van der Waals surface area contributed by atoms with Crippen molar-refractivity contribution >= 4 is 17.5 Å². The van der Waals surface area contributed by atoms with Gasteiger partial charge in [0.1, 0.15) is 11.5 Å². The van der Waals surface area contributed by atoms with Gasteiger partial charge in [0, 0.05) is 25.0 Å². The van der Waals surface area contributed by atoms with Crippen LogP contribution < -0.4 is 10.6 Å². The lowest BCUT2D eigenvalue weighted by molar-refractivity contribution is 0.0946. The summed E-state index contributed by atoms with van der Waals surface area (Å²) in [6.45, 7) is 1.27. The van der Waals surface area contributed by atoms with Crippen LogP contribution in [0.1, 0.15) is 10.5 Å². The molecule has 1 heterocycles. The topological polar surface area (TPSA) is 70.2 Å². The minimum atomic E-state index is -0.359. The second-order valence-corrected chi connectivity index (χ2v) is 4.96. The third-order valence-electron chi connectivity index (χ3n) is 2.81. The number of rotatable bonds is 6. The molecule has 0 spiro atoms. The highest BCUT2D eigenvalue weighted by atomic mass is 19.1. The van der Waals surface area contributed by atoms with Crippen molar-refractivity contribution in [3.05, 3.63) is 48.0 Å². The fraction of sp³-hybridized carbons (Fsp3) is 0.267. The zero-order chi connectivity index (χ0) is 15.9. The first-order valence-corrected chi connectivity index (χ1v) is 6.83. The lowest BCUT2D eigenvalue weighted by atomic mass is 10.3. The van der Waals surface area contributed by atoms with Gasteiger partial charge in [-0.2, -0.15) is 0 Å². The Morgan fingerprint density at radius 2 is 2.14 bits per heavy atom. The molecule has 0 aliphatic carbocycles. The number of anilines is 2. The third kappa shape index (κ3) is 4.78. The molecule has 22 heavy (non-hydrogen) atoms. The van der Waals surface area contributed by atoms with Gasteiger partial charge < -0.3 is 15.5 Å². The molecule has 7 heteroatoms. The Morgan fingerprint density at radius 3 is 2.86 bits per heavy atom. The molecule has 0 radical (unpaired) electrons. The highest BCUT2D eigenvalue weighted by Crippen LogP contribution is 2.13. The molecule has 2 aromatic rings. The van der Waals surface area contributed by atoms with Crippen molar-refractivity contribution in [1.29, 1.82) is 0 Å². The molecule has 0 aliphatic heterocycles. The van der Waals surface area contributed by atoms with Gasteiger partial charge in [0.2, 0.25) is 5.95 Å². The van der Waals surface area contributed by atoms with E-state index < -0.39 is 0 Å². The van der Waals surface area contributed by atoms with Gasteiger partial charge >= 0.3 is 0 Å². The fourth-order valence-corrected chi connectivity index (χ4v) is 1.72. The molecule has 1 aromatic carbocycles. The van der Waals surface area contributed by atoms with Crippen molar-refractivity contribution in [3.8, 4) is 0 Å². The van der Waals surface area contributed by atoms with E-state index >= 15 is 0 Å². The smallest absolute Gasteiger partial charge is 0.270 e. The Morgan fingerprint density at radius 1 is 1.32 bits per heavy atom. The second kappa shape index (κ2) is 7.46. The maximum atomic E-state index is 13.1. The van der Waals surface area contributed by atoms with Crippen LogP contribution in [-0.2, 0) is 0 Å². The summed E-state index contributed by atoms with van der Waals surface area (Å²) in [6, 6.07) is 7.47. The van der Waals surface area contributed by atoms with Gasteiger partial charge in [0.15, 0.2) is 0 Å². The molecule has 0 aliphatic rings. The quantitative estimate of drug-likeness (QED) is 0.849. The summed E-state index contributed by atoms with van der Waals surface area (Å²) < 4.78 is 13.1. The van der Waals surface area contributed by atoms with Crippen LogP contribution in [0.15, 0.2) is 36.5 Å². The van der Waals surface area contributed by atoms with Crippen molar-refractivity contribution < 1.29 is 9.18 Å². The number of carbonyl (C=O) groups excluding carboxylic acids is 1. The van der Waals surface area contributed by atoms with Gasteiger partial charge in [-0.05, 0) is 38.4 Å². The number of halogens is 1. The predicted molar refractivity (Wildman–Crippen MR) is 82.6 cm³/mol. The van der Waals surface area contributed by atoms with Gasteiger partial charge in [0.05, 0.1) is 0 Å². The number of amides is 1. The fourth-order valence-electron chi connectivity index (χ4n) is 1.72. The molecule has 0 atom stereocenters. The van der Waals surface area contributed by atoms with E-state index in [1.165, 1.54) is 24.4 Å². The van der Waals surface area contributed by atoms with Crippen LogP contribution in [-0.4, -0.2) is 48.0 Å². The number of carbonyl (C=O) groups is 1. The number of benzene rings is 1. The van der Waals surface area contributed by atoms with E-state index in [9.17, 15) is 9.18 Å². The molecule has 0 fully saturated rings. The monoisotopic (exact) mass is 303 g/mol. The molecule has 0 bridgehead atoms. The van der Waals surface area contributed by atoms with Gasteiger partial charge in [-0.15, -0.1) is 0 Å². The molecule has 1 amide bonds. The molecule has 0 saturated carbocycles. The Bertz CT molecular complexity index is 647. The van der Waals surface area contributed by atoms with Crippen molar-refractivity contribution in [3.63, 3.8) is 0 Å². The van der Waals surface area contributed by atoms with Crippen molar-refractivity contribution in [2.45, 2.75) is 0 Å². The molecule has 2 rings (SSSR count). The largest absolute Gasteiger partial charge is 0.349 e. The van der Waals surface area contributed by atoms with Crippen LogP contribution in [0.25, 0.3) is 0 Å². The van der Waals surface area contributed by atoms with Crippen LogP contribution in [0.3, 0.4) is 0 Å². The minimum Gasteiger partial charge on any atom is -0.349 e. The zero-order valence-corrected chi connectivity index (χ0v) is 12.5. The summed E-state index contributed by atoms with van der Waals surface area (Å²) in [4.78, 5) is 22.1.